The lowest BCUT2D eigenvalue weighted by atomic mass is 10.1. The van der Waals surface area contributed by atoms with Crippen LogP contribution in [0.25, 0.3) is 16.8 Å². The molecule has 3 rings (SSSR count). The van der Waals surface area contributed by atoms with Gasteiger partial charge in [0.15, 0.2) is 0 Å². The number of rotatable bonds is 3. The maximum absolute atomic E-state index is 9.15. The van der Waals surface area contributed by atoms with Gasteiger partial charge in [-0.15, -0.1) is 11.3 Å². The fourth-order valence-electron chi connectivity index (χ4n) is 2.20. The van der Waals surface area contributed by atoms with Crippen LogP contribution in [0.3, 0.4) is 0 Å². The van der Waals surface area contributed by atoms with Gasteiger partial charge in [-0.1, -0.05) is 6.08 Å². The molecule has 106 valence electrons. The predicted molar refractivity (Wildman–Crippen MR) is 83.0 cm³/mol. The molecule has 0 aliphatic heterocycles. The number of fused-ring (bicyclic) bond motifs is 1. The van der Waals surface area contributed by atoms with E-state index >= 15 is 0 Å². The molecule has 1 aliphatic carbocycles. The smallest absolute Gasteiger partial charge is 0.234 e. The highest BCUT2D eigenvalue weighted by atomic mass is 32.1. The summed E-state index contributed by atoms with van der Waals surface area (Å²) in [6, 6.07) is 3.73. The zero-order valence-corrected chi connectivity index (χ0v) is 12.4. The number of ether oxygens (including phenoxy) is 1. The van der Waals surface area contributed by atoms with Crippen molar-refractivity contribution in [3.63, 3.8) is 0 Å². The summed E-state index contributed by atoms with van der Waals surface area (Å²) in [7, 11) is 0. The zero-order valence-electron chi connectivity index (χ0n) is 11.6. The molecule has 2 heterocycles. The molecule has 6 heteroatoms. The number of allylic oxidation sites excluding steroid dienone is 1. The summed E-state index contributed by atoms with van der Waals surface area (Å²) < 4.78 is 5.42. The molecule has 0 saturated carbocycles. The molecule has 0 bridgehead atoms. The van der Waals surface area contributed by atoms with Crippen molar-refractivity contribution in [2.45, 2.75) is 19.8 Å². The fraction of sp³-hybridized carbons (Fsp3) is 0.267. The maximum Gasteiger partial charge on any atom is 0.234 e. The molecule has 0 amide bonds. The van der Waals surface area contributed by atoms with Crippen molar-refractivity contribution in [2.75, 3.05) is 12.3 Å². The van der Waals surface area contributed by atoms with E-state index in [2.05, 4.69) is 16.0 Å². The Balaban J connectivity index is 2.08. The van der Waals surface area contributed by atoms with Gasteiger partial charge in [0.2, 0.25) is 5.88 Å². The summed E-state index contributed by atoms with van der Waals surface area (Å²) in [5, 5.41) is 9.96. The van der Waals surface area contributed by atoms with Gasteiger partial charge in [0.25, 0.3) is 0 Å². The SMILES string of the molecule is CCOc1nc(-c2nc3c(s2)CCC=C3)cc(N)c1C#N. The molecule has 0 saturated heterocycles. The third-order valence-corrected chi connectivity index (χ3v) is 4.32. The third-order valence-electron chi connectivity index (χ3n) is 3.17. The topological polar surface area (TPSA) is 84.8 Å². The van der Waals surface area contributed by atoms with Crippen LogP contribution in [-0.2, 0) is 6.42 Å². The molecule has 0 unspecified atom stereocenters. The van der Waals surface area contributed by atoms with Crippen molar-refractivity contribution in [1.82, 2.24) is 9.97 Å². The first-order valence-corrected chi connectivity index (χ1v) is 7.54. The van der Waals surface area contributed by atoms with Gasteiger partial charge in [0, 0.05) is 4.88 Å². The summed E-state index contributed by atoms with van der Waals surface area (Å²) in [5.41, 5.74) is 8.25. The van der Waals surface area contributed by atoms with Crippen molar-refractivity contribution in [2.24, 2.45) is 0 Å². The quantitative estimate of drug-likeness (QED) is 0.941. The minimum absolute atomic E-state index is 0.277. The second-order valence-electron chi connectivity index (χ2n) is 4.59. The predicted octanol–water partition coefficient (Wildman–Crippen LogP) is 3.02. The van der Waals surface area contributed by atoms with Gasteiger partial charge in [-0.2, -0.15) is 5.26 Å². The molecule has 5 nitrogen and oxygen atoms in total. The second kappa shape index (κ2) is 5.54. The molecular formula is C15H14N4OS. The van der Waals surface area contributed by atoms with Crippen molar-refractivity contribution >= 4 is 23.1 Å². The largest absolute Gasteiger partial charge is 0.477 e. The number of anilines is 1. The van der Waals surface area contributed by atoms with Gasteiger partial charge in [-0.25, -0.2) is 9.97 Å². The zero-order chi connectivity index (χ0) is 14.8. The monoisotopic (exact) mass is 298 g/mol. The Morgan fingerprint density at radius 1 is 1.48 bits per heavy atom. The van der Waals surface area contributed by atoms with Gasteiger partial charge in [0.1, 0.15) is 22.3 Å². The molecule has 2 N–H and O–H groups in total. The first-order valence-electron chi connectivity index (χ1n) is 6.73. The van der Waals surface area contributed by atoms with Crippen LogP contribution in [-0.4, -0.2) is 16.6 Å². The van der Waals surface area contributed by atoms with Crippen LogP contribution in [0.2, 0.25) is 0 Å². The normalized spacial score (nSPS) is 12.8. The number of hydrogen-bond acceptors (Lipinski definition) is 6. The molecule has 2 aromatic rings. The van der Waals surface area contributed by atoms with E-state index in [9.17, 15) is 0 Å². The number of pyridine rings is 1. The molecule has 0 aromatic carbocycles. The van der Waals surface area contributed by atoms with E-state index < -0.39 is 0 Å². The van der Waals surface area contributed by atoms with Crippen LogP contribution in [0.5, 0.6) is 5.88 Å². The average molecular weight is 298 g/mol. The molecule has 0 atom stereocenters. The summed E-state index contributed by atoms with van der Waals surface area (Å²) in [5.74, 6) is 0.277. The van der Waals surface area contributed by atoms with Gasteiger partial charge in [0.05, 0.1) is 18.0 Å². The van der Waals surface area contributed by atoms with E-state index in [1.807, 2.05) is 19.1 Å². The van der Waals surface area contributed by atoms with E-state index in [1.165, 1.54) is 4.88 Å². The Morgan fingerprint density at radius 2 is 2.33 bits per heavy atom. The minimum atomic E-state index is 0.277. The standard InChI is InChI=1S/C15H14N4OS/c1-2-20-14-9(8-16)10(17)7-12(18-14)15-19-11-5-3-4-6-13(11)21-15/h3,5,7H,2,4,6H2,1H3,(H2,17,18). The number of nitriles is 1. The maximum atomic E-state index is 9.15. The highest BCUT2D eigenvalue weighted by molar-refractivity contribution is 7.15. The molecule has 0 radical (unpaired) electrons. The van der Waals surface area contributed by atoms with Crippen molar-refractivity contribution in [1.29, 1.82) is 5.26 Å². The molecular weight excluding hydrogens is 284 g/mol. The first kappa shape index (κ1) is 13.6. The number of thiazole rings is 1. The summed E-state index contributed by atoms with van der Waals surface area (Å²) >= 11 is 1.62. The number of nitrogen functional groups attached to an aromatic ring is 1. The number of aryl methyl sites for hydroxylation is 1. The van der Waals surface area contributed by atoms with E-state index in [0.29, 0.717) is 18.0 Å². The molecule has 0 spiro atoms. The van der Waals surface area contributed by atoms with Gasteiger partial charge < -0.3 is 10.5 Å². The Hall–Kier alpha value is -2.39. The Kier molecular flexibility index (Phi) is 3.59. The minimum Gasteiger partial charge on any atom is -0.477 e. The van der Waals surface area contributed by atoms with Crippen LogP contribution in [0.4, 0.5) is 5.69 Å². The molecule has 21 heavy (non-hydrogen) atoms. The van der Waals surface area contributed by atoms with Crippen molar-refractivity contribution < 1.29 is 4.74 Å². The van der Waals surface area contributed by atoms with Crippen LogP contribution < -0.4 is 10.5 Å². The highest BCUT2D eigenvalue weighted by Crippen LogP contribution is 2.34. The summed E-state index contributed by atoms with van der Waals surface area (Å²) in [6.45, 7) is 2.28. The summed E-state index contributed by atoms with van der Waals surface area (Å²) in [6.07, 6.45) is 6.21. The first-order chi connectivity index (χ1) is 10.2. The number of nitrogens with two attached hydrogens (primary N) is 1. The summed E-state index contributed by atoms with van der Waals surface area (Å²) in [4.78, 5) is 10.3. The second-order valence-corrected chi connectivity index (χ2v) is 5.67. The van der Waals surface area contributed by atoms with Crippen LogP contribution in [0.1, 0.15) is 29.5 Å². The lowest BCUT2D eigenvalue weighted by Crippen LogP contribution is -2.02. The molecule has 0 fully saturated rings. The fourth-order valence-corrected chi connectivity index (χ4v) is 3.22. The van der Waals surface area contributed by atoms with Crippen LogP contribution in [0, 0.1) is 11.3 Å². The number of hydrogen-bond donors (Lipinski definition) is 1. The third kappa shape index (κ3) is 2.48. The van der Waals surface area contributed by atoms with Gasteiger partial charge >= 0.3 is 0 Å². The average Bonchev–Trinajstić information content (AvgIpc) is 2.91. The molecule has 2 aromatic heterocycles. The van der Waals surface area contributed by atoms with Gasteiger partial charge in [-0.05, 0) is 31.9 Å². The van der Waals surface area contributed by atoms with Crippen molar-refractivity contribution in [3.8, 4) is 22.7 Å². The number of aromatic nitrogens is 2. The van der Waals surface area contributed by atoms with E-state index in [0.717, 1.165) is 23.5 Å². The van der Waals surface area contributed by atoms with Crippen LogP contribution in [0.15, 0.2) is 12.1 Å². The Morgan fingerprint density at radius 3 is 3.05 bits per heavy atom. The van der Waals surface area contributed by atoms with Gasteiger partial charge in [-0.3, -0.25) is 0 Å². The van der Waals surface area contributed by atoms with E-state index in [-0.39, 0.29) is 11.4 Å². The lowest BCUT2D eigenvalue weighted by Gasteiger charge is -2.08. The van der Waals surface area contributed by atoms with E-state index in [1.54, 1.807) is 17.4 Å². The number of nitrogens with zero attached hydrogens (tertiary/aromatic N) is 3. The Bertz CT molecular complexity index is 758. The van der Waals surface area contributed by atoms with E-state index in [4.69, 9.17) is 15.7 Å². The van der Waals surface area contributed by atoms with Crippen molar-refractivity contribution in [3.05, 3.63) is 28.3 Å². The molecule has 1 aliphatic rings. The Labute approximate surface area is 126 Å². The highest BCUT2D eigenvalue weighted by Gasteiger charge is 2.17. The van der Waals surface area contributed by atoms with Crippen LogP contribution >= 0.6 is 11.3 Å². The lowest BCUT2D eigenvalue weighted by molar-refractivity contribution is 0.326.